The van der Waals surface area contributed by atoms with Gasteiger partial charge in [0.15, 0.2) is 0 Å². The zero-order valence-electron chi connectivity index (χ0n) is 15.2. The third-order valence-electron chi connectivity index (χ3n) is 3.96. The Hall–Kier alpha value is -2.80. The van der Waals surface area contributed by atoms with E-state index in [4.69, 9.17) is 9.15 Å². The van der Waals surface area contributed by atoms with Crippen molar-refractivity contribution in [1.82, 2.24) is 15.5 Å². The van der Waals surface area contributed by atoms with Crippen LogP contribution in [0.25, 0.3) is 11.5 Å². The zero-order chi connectivity index (χ0) is 19.1. The summed E-state index contributed by atoms with van der Waals surface area (Å²) in [6, 6.07) is 17.2. The minimum absolute atomic E-state index is 0.0524. The number of ether oxygens (including phenoxy) is 1. The summed E-state index contributed by atoms with van der Waals surface area (Å²) in [5.41, 5.74) is 1.78. The summed E-state index contributed by atoms with van der Waals surface area (Å²) in [7, 11) is 1.59. The van der Waals surface area contributed by atoms with Gasteiger partial charge >= 0.3 is 0 Å². The van der Waals surface area contributed by atoms with E-state index in [2.05, 4.69) is 15.5 Å². The van der Waals surface area contributed by atoms with Crippen LogP contribution >= 0.6 is 11.8 Å². The van der Waals surface area contributed by atoms with Crippen LogP contribution in [-0.4, -0.2) is 28.5 Å². The zero-order valence-corrected chi connectivity index (χ0v) is 16.0. The highest BCUT2D eigenvalue weighted by molar-refractivity contribution is 8.00. The number of methoxy groups -OCH3 is 1. The van der Waals surface area contributed by atoms with Gasteiger partial charge in [-0.25, -0.2) is 0 Å². The third-order valence-corrected chi connectivity index (χ3v) is 5.16. The molecule has 0 aliphatic carbocycles. The van der Waals surface area contributed by atoms with Crippen LogP contribution in [0.5, 0.6) is 5.75 Å². The Morgan fingerprint density at radius 2 is 1.89 bits per heavy atom. The van der Waals surface area contributed by atoms with Gasteiger partial charge in [0.2, 0.25) is 5.91 Å². The molecule has 0 aliphatic heterocycles. The number of benzene rings is 2. The minimum atomic E-state index is -0.306. The SMILES string of the molecule is CCC(Sc1nnc(-c2ccccc2OC)o1)C(=O)NCc1ccccc1. The van der Waals surface area contributed by atoms with E-state index in [1.165, 1.54) is 11.8 Å². The third kappa shape index (κ3) is 4.89. The molecule has 1 unspecified atom stereocenters. The fraction of sp³-hybridized carbons (Fsp3) is 0.250. The molecule has 0 radical (unpaired) electrons. The van der Waals surface area contributed by atoms with E-state index in [-0.39, 0.29) is 11.2 Å². The van der Waals surface area contributed by atoms with E-state index in [1.54, 1.807) is 7.11 Å². The second-order valence-electron chi connectivity index (χ2n) is 5.79. The molecule has 1 amide bonds. The van der Waals surface area contributed by atoms with E-state index in [9.17, 15) is 4.79 Å². The van der Waals surface area contributed by atoms with Gasteiger partial charge in [-0.3, -0.25) is 4.79 Å². The highest BCUT2D eigenvalue weighted by Crippen LogP contribution is 2.32. The van der Waals surface area contributed by atoms with Crippen LogP contribution in [-0.2, 0) is 11.3 Å². The van der Waals surface area contributed by atoms with E-state index in [0.717, 1.165) is 11.1 Å². The molecule has 6 nitrogen and oxygen atoms in total. The summed E-state index contributed by atoms with van der Waals surface area (Å²) >= 11 is 1.27. The maximum Gasteiger partial charge on any atom is 0.277 e. The predicted molar refractivity (Wildman–Crippen MR) is 105 cm³/mol. The predicted octanol–water partition coefficient (Wildman–Crippen LogP) is 3.93. The molecule has 140 valence electrons. The standard InChI is InChI=1S/C20H21N3O3S/c1-3-17(18(24)21-13-14-9-5-4-6-10-14)27-20-23-22-19(26-20)15-11-7-8-12-16(15)25-2/h4-12,17H,3,13H2,1-2H3,(H,21,24). The summed E-state index contributed by atoms with van der Waals surface area (Å²) < 4.78 is 11.1. The summed E-state index contributed by atoms with van der Waals surface area (Å²) in [5, 5.41) is 11.2. The van der Waals surface area contributed by atoms with Crippen molar-refractivity contribution in [3.63, 3.8) is 0 Å². The van der Waals surface area contributed by atoms with E-state index in [0.29, 0.717) is 29.8 Å². The molecule has 0 bridgehead atoms. The first-order valence-electron chi connectivity index (χ1n) is 8.66. The number of hydrogen-bond acceptors (Lipinski definition) is 6. The van der Waals surface area contributed by atoms with Gasteiger partial charge in [-0.2, -0.15) is 0 Å². The molecule has 0 spiro atoms. The monoisotopic (exact) mass is 383 g/mol. The van der Waals surface area contributed by atoms with Crippen LogP contribution in [0.15, 0.2) is 64.2 Å². The number of carbonyl (C=O) groups is 1. The number of carbonyl (C=O) groups excluding carboxylic acids is 1. The summed E-state index contributed by atoms with van der Waals surface area (Å²) in [5.74, 6) is 0.975. The average Bonchev–Trinajstić information content (AvgIpc) is 3.19. The van der Waals surface area contributed by atoms with Crippen molar-refractivity contribution in [2.45, 2.75) is 30.4 Å². The van der Waals surface area contributed by atoms with Crippen LogP contribution in [0, 0.1) is 0 Å². The van der Waals surface area contributed by atoms with Crippen LogP contribution in [0.1, 0.15) is 18.9 Å². The van der Waals surface area contributed by atoms with Gasteiger partial charge in [-0.05, 0) is 24.1 Å². The number of para-hydroxylation sites is 1. The van der Waals surface area contributed by atoms with Crippen LogP contribution < -0.4 is 10.1 Å². The number of amides is 1. The van der Waals surface area contributed by atoms with E-state index < -0.39 is 0 Å². The number of aromatic nitrogens is 2. The molecule has 3 aromatic rings. The molecule has 1 atom stereocenters. The molecule has 27 heavy (non-hydrogen) atoms. The molecule has 0 aliphatic rings. The van der Waals surface area contributed by atoms with Crippen LogP contribution in [0.3, 0.4) is 0 Å². The van der Waals surface area contributed by atoms with Crippen molar-refractivity contribution in [3.05, 3.63) is 60.2 Å². The lowest BCUT2D eigenvalue weighted by molar-refractivity contribution is -0.120. The Bertz CT molecular complexity index is 883. The lowest BCUT2D eigenvalue weighted by Gasteiger charge is -2.12. The molecule has 0 fully saturated rings. The normalized spacial score (nSPS) is 11.8. The summed E-state index contributed by atoms with van der Waals surface area (Å²) in [6.45, 7) is 2.45. The molecular weight excluding hydrogens is 362 g/mol. The first-order valence-corrected chi connectivity index (χ1v) is 9.54. The Morgan fingerprint density at radius 3 is 2.63 bits per heavy atom. The fourth-order valence-electron chi connectivity index (χ4n) is 2.53. The van der Waals surface area contributed by atoms with Crippen molar-refractivity contribution in [3.8, 4) is 17.2 Å². The average molecular weight is 383 g/mol. The first kappa shape index (κ1) is 19.0. The topological polar surface area (TPSA) is 77.2 Å². The molecule has 1 N–H and O–H groups in total. The second-order valence-corrected chi connectivity index (χ2v) is 6.95. The lowest BCUT2D eigenvalue weighted by Crippen LogP contribution is -2.31. The van der Waals surface area contributed by atoms with Crippen molar-refractivity contribution in [1.29, 1.82) is 0 Å². The molecule has 0 saturated heterocycles. The molecule has 7 heteroatoms. The number of hydrogen-bond donors (Lipinski definition) is 1. The van der Waals surface area contributed by atoms with Gasteiger partial charge in [0.1, 0.15) is 5.75 Å². The molecular formula is C20H21N3O3S. The largest absolute Gasteiger partial charge is 0.496 e. The van der Waals surface area contributed by atoms with Crippen molar-refractivity contribution >= 4 is 17.7 Å². The quantitative estimate of drug-likeness (QED) is 0.594. The highest BCUT2D eigenvalue weighted by atomic mass is 32.2. The number of nitrogens with one attached hydrogen (secondary N) is 1. The van der Waals surface area contributed by atoms with Crippen molar-refractivity contribution < 1.29 is 13.9 Å². The number of thioether (sulfide) groups is 1. The van der Waals surface area contributed by atoms with Crippen molar-refractivity contribution in [2.24, 2.45) is 0 Å². The van der Waals surface area contributed by atoms with E-state index >= 15 is 0 Å². The van der Waals surface area contributed by atoms with Gasteiger partial charge in [0.05, 0.1) is 17.9 Å². The summed E-state index contributed by atoms with van der Waals surface area (Å²) in [4.78, 5) is 12.5. The van der Waals surface area contributed by atoms with Crippen LogP contribution in [0.2, 0.25) is 0 Å². The van der Waals surface area contributed by atoms with Gasteiger partial charge < -0.3 is 14.5 Å². The maximum absolute atomic E-state index is 12.5. The second kappa shape index (κ2) is 9.23. The molecule has 3 rings (SSSR count). The van der Waals surface area contributed by atoms with Gasteiger partial charge in [-0.15, -0.1) is 10.2 Å². The molecule has 1 aromatic heterocycles. The Kier molecular flexibility index (Phi) is 6.49. The lowest BCUT2D eigenvalue weighted by atomic mass is 10.2. The smallest absolute Gasteiger partial charge is 0.277 e. The Labute approximate surface area is 162 Å². The van der Waals surface area contributed by atoms with Gasteiger partial charge in [-0.1, -0.05) is 61.2 Å². The molecule has 2 aromatic carbocycles. The fourth-order valence-corrected chi connectivity index (χ4v) is 3.35. The molecule has 1 heterocycles. The first-order chi connectivity index (χ1) is 13.2. The Morgan fingerprint density at radius 1 is 1.15 bits per heavy atom. The maximum atomic E-state index is 12.5. The number of nitrogens with zero attached hydrogens (tertiary/aromatic N) is 2. The Balaban J connectivity index is 1.64. The van der Waals surface area contributed by atoms with Gasteiger partial charge in [0, 0.05) is 6.54 Å². The number of rotatable bonds is 8. The highest BCUT2D eigenvalue weighted by Gasteiger charge is 2.22. The van der Waals surface area contributed by atoms with Crippen LogP contribution in [0.4, 0.5) is 0 Å². The van der Waals surface area contributed by atoms with Gasteiger partial charge in [0.25, 0.3) is 11.1 Å². The molecule has 0 saturated carbocycles. The van der Waals surface area contributed by atoms with E-state index in [1.807, 2.05) is 61.5 Å². The summed E-state index contributed by atoms with van der Waals surface area (Å²) in [6.07, 6.45) is 0.650. The van der Waals surface area contributed by atoms with Crippen molar-refractivity contribution in [2.75, 3.05) is 7.11 Å². The minimum Gasteiger partial charge on any atom is -0.496 e.